The third kappa shape index (κ3) is 9.72. The van der Waals surface area contributed by atoms with E-state index < -0.39 is 12.2 Å². The number of carbonyl (C=O) groups excluding carboxylic acids is 2. The zero-order valence-electron chi connectivity index (χ0n) is 19.3. The number of Topliss-reactive ketones (excluding diaryl/α,β-unsaturated/α-hetero) is 2. The SMILES string of the molecule is O=C(CCCC=CC[C@H]1C(=O)C[C@@H](O)[C@@H]1C=C[C@@H](O)CCc1ccccc1)CC(CO)CO. The molecule has 0 spiro atoms. The maximum atomic E-state index is 12.3. The molecule has 0 unspecified atom stereocenters. The molecule has 0 aliphatic heterocycles. The first-order valence-electron chi connectivity index (χ1n) is 11.9. The minimum Gasteiger partial charge on any atom is -0.396 e. The van der Waals surface area contributed by atoms with E-state index >= 15 is 0 Å². The lowest BCUT2D eigenvalue weighted by molar-refractivity contribution is -0.121. The summed E-state index contributed by atoms with van der Waals surface area (Å²) in [7, 11) is 0. The predicted octanol–water partition coefficient (Wildman–Crippen LogP) is 2.78. The molecule has 1 fully saturated rings. The third-order valence-electron chi connectivity index (χ3n) is 6.28. The van der Waals surface area contributed by atoms with Crippen LogP contribution in [-0.4, -0.2) is 57.4 Å². The lowest BCUT2D eigenvalue weighted by Crippen LogP contribution is -2.19. The van der Waals surface area contributed by atoms with Crippen molar-refractivity contribution in [3.05, 3.63) is 60.2 Å². The highest BCUT2D eigenvalue weighted by Gasteiger charge is 2.39. The summed E-state index contributed by atoms with van der Waals surface area (Å²) in [6.07, 6.45) is 10.00. The Morgan fingerprint density at radius 1 is 1.12 bits per heavy atom. The Labute approximate surface area is 196 Å². The van der Waals surface area contributed by atoms with Gasteiger partial charge in [-0.25, -0.2) is 0 Å². The van der Waals surface area contributed by atoms with E-state index in [1.165, 1.54) is 0 Å². The number of carbonyl (C=O) groups is 2. The van der Waals surface area contributed by atoms with Crippen molar-refractivity contribution in [2.45, 2.75) is 63.6 Å². The van der Waals surface area contributed by atoms with Crippen LogP contribution in [0.2, 0.25) is 0 Å². The van der Waals surface area contributed by atoms with Gasteiger partial charge in [0, 0.05) is 50.2 Å². The van der Waals surface area contributed by atoms with Gasteiger partial charge in [-0.1, -0.05) is 54.6 Å². The minimum absolute atomic E-state index is 0.0293. The average molecular weight is 459 g/mol. The van der Waals surface area contributed by atoms with Crippen molar-refractivity contribution >= 4 is 11.6 Å². The van der Waals surface area contributed by atoms with Gasteiger partial charge in [0.25, 0.3) is 0 Å². The Morgan fingerprint density at radius 3 is 2.55 bits per heavy atom. The Balaban J connectivity index is 1.75. The first-order valence-corrected chi connectivity index (χ1v) is 11.9. The number of aliphatic hydroxyl groups is 4. The number of ketones is 2. The van der Waals surface area contributed by atoms with Crippen LogP contribution in [0.1, 0.15) is 50.5 Å². The number of unbranched alkanes of at least 4 members (excludes halogenated alkanes) is 1. The van der Waals surface area contributed by atoms with Gasteiger partial charge in [-0.2, -0.15) is 0 Å². The molecule has 0 radical (unpaired) electrons. The Bertz CT molecular complexity index is 768. The van der Waals surface area contributed by atoms with Gasteiger partial charge >= 0.3 is 0 Å². The molecule has 0 amide bonds. The summed E-state index contributed by atoms with van der Waals surface area (Å²) in [6.45, 7) is -0.383. The van der Waals surface area contributed by atoms with Crippen molar-refractivity contribution < 1.29 is 30.0 Å². The van der Waals surface area contributed by atoms with E-state index in [-0.39, 0.29) is 55.4 Å². The lowest BCUT2D eigenvalue weighted by atomic mass is 9.90. The van der Waals surface area contributed by atoms with Crippen molar-refractivity contribution in [2.24, 2.45) is 17.8 Å². The van der Waals surface area contributed by atoms with Crippen LogP contribution in [0, 0.1) is 17.8 Å². The normalized spacial score (nSPS) is 22.1. The van der Waals surface area contributed by atoms with E-state index in [0.29, 0.717) is 32.1 Å². The Hall–Kier alpha value is -2.12. The fourth-order valence-corrected chi connectivity index (χ4v) is 4.23. The molecule has 6 heteroatoms. The molecule has 1 saturated carbocycles. The molecule has 182 valence electrons. The van der Waals surface area contributed by atoms with Crippen LogP contribution in [0.3, 0.4) is 0 Å². The summed E-state index contributed by atoms with van der Waals surface area (Å²) in [5.74, 6) is -0.916. The standard InChI is InChI=1S/C27H38O6/c28-18-21(19-29)16-23(31)10-6-1-2-7-11-24-25(27(33)17-26(24)32)15-14-22(30)13-12-20-8-4-3-5-9-20/h2-5,7-9,14-15,21-22,24-25,27-30,33H,1,6,10-13,16-19H2/t22-,24+,25+,27+/m0/s1. The molecular formula is C27H38O6. The first kappa shape index (κ1) is 27.1. The summed E-state index contributed by atoms with van der Waals surface area (Å²) in [6, 6.07) is 9.94. The number of aryl methyl sites for hydroxylation is 1. The van der Waals surface area contributed by atoms with Crippen molar-refractivity contribution in [1.82, 2.24) is 0 Å². The van der Waals surface area contributed by atoms with Crippen molar-refractivity contribution in [3.63, 3.8) is 0 Å². The molecule has 1 aromatic rings. The summed E-state index contributed by atoms with van der Waals surface area (Å²) < 4.78 is 0. The Kier molecular flexibility index (Phi) is 12.3. The van der Waals surface area contributed by atoms with Crippen LogP contribution >= 0.6 is 0 Å². The van der Waals surface area contributed by atoms with E-state index in [2.05, 4.69) is 0 Å². The number of allylic oxidation sites excluding steroid dienone is 2. The fraction of sp³-hybridized carbons (Fsp3) is 0.556. The molecule has 1 aromatic carbocycles. The maximum Gasteiger partial charge on any atom is 0.139 e. The molecule has 4 atom stereocenters. The van der Waals surface area contributed by atoms with Crippen LogP contribution < -0.4 is 0 Å². The van der Waals surface area contributed by atoms with Gasteiger partial charge in [-0.05, 0) is 37.7 Å². The second-order valence-electron chi connectivity index (χ2n) is 8.97. The number of aliphatic hydroxyl groups excluding tert-OH is 4. The summed E-state index contributed by atoms with van der Waals surface area (Å²) in [5, 5.41) is 38.7. The van der Waals surface area contributed by atoms with E-state index in [4.69, 9.17) is 10.2 Å². The largest absolute Gasteiger partial charge is 0.396 e. The predicted molar refractivity (Wildman–Crippen MR) is 127 cm³/mol. The smallest absolute Gasteiger partial charge is 0.139 e. The molecule has 33 heavy (non-hydrogen) atoms. The van der Waals surface area contributed by atoms with E-state index in [9.17, 15) is 19.8 Å². The second-order valence-corrected chi connectivity index (χ2v) is 8.97. The second kappa shape index (κ2) is 14.9. The van der Waals surface area contributed by atoms with Gasteiger partial charge in [0.2, 0.25) is 0 Å². The number of benzene rings is 1. The molecule has 0 bridgehead atoms. The quantitative estimate of drug-likeness (QED) is 0.237. The van der Waals surface area contributed by atoms with Crippen LogP contribution in [-0.2, 0) is 16.0 Å². The molecule has 0 heterocycles. The van der Waals surface area contributed by atoms with Crippen LogP contribution in [0.4, 0.5) is 0 Å². The van der Waals surface area contributed by atoms with E-state index in [1.807, 2.05) is 42.5 Å². The van der Waals surface area contributed by atoms with Gasteiger partial charge in [0.15, 0.2) is 0 Å². The highest BCUT2D eigenvalue weighted by atomic mass is 16.3. The van der Waals surface area contributed by atoms with Crippen molar-refractivity contribution in [3.8, 4) is 0 Å². The summed E-state index contributed by atoms with van der Waals surface area (Å²) in [4.78, 5) is 24.2. The van der Waals surface area contributed by atoms with E-state index in [0.717, 1.165) is 12.0 Å². The lowest BCUT2D eigenvalue weighted by Gasteiger charge is -2.16. The molecule has 0 aromatic heterocycles. The summed E-state index contributed by atoms with van der Waals surface area (Å²) >= 11 is 0. The first-order chi connectivity index (χ1) is 15.9. The molecule has 1 aliphatic carbocycles. The van der Waals surface area contributed by atoms with Crippen molar-refractivity contribution in [2.75, 3.05) is 13.2 Å². The number of hydrogen-bond acceptors (Lipinski definition) is 6. The van der Waals surface area contributed by atoms with Gasteiger partial charge in [0.05, 0.1) is 12.2 Å². The van der Waals surface area contributed by atoms with Gasteiger partial charge in [-0.3, -0.25) is 9.59 Å². The summed E-state index contributed by atoms with van der Waals surface area (Å²) in [5.41, 5.74) is 1.16. The molecule has 2 rings (SSSR count). The van der Waals surface area contributed by atoms with Gasteiger partial charge in [0.1, 0.15) is 11.6 Å². The average Bonchev–Trinajstić information content (AvgIpc) is 3.09. The van der Waals surface area contributed by atoms with Crippen LogP contribution in [0.5, 0.6) is 0 Å². The maximum absolute atomic E-state index is 12.3. The number of rotatable bonds is 15. The molecule has 4 N–H and O–H groups in total. The molecule has 6 nitrogen and oxygen atoms in total. The number of hydrogen-bond donors (Lipinski definition) is 4. The van der Waals surface area contributed by atoms with Crippen LogP contribution in [0.25, 0.3) is 0 Å². The molecule has 1 aliphatic rings. The Morgan fingerprint density at radius 2 is 1.85 bits per heavy atom. The van der Waals surface area contributed by atoms with Crippen molar-refractivity contribution in [1.29, 1.82) is 0 Å². The van der Waals surface area contributed by atoms with Gasteiger partial charge in [-0.15, -0.1) is 0 Å². The highest BCUT2D eigenvalue weighted by Crippen LogP contribution is 2.33. The monoisotopic (exact) mass is 458 g/mol. The highest BCUT2D eigenvalue weighted by molar-refractivity contribution is 5.84. The zero-order valence-corrected chi connectivity index (χ0v) is 19.3. The minimum atomic E-state index is -0.725. The fourth-order valence-electron chi connectivity index (χ4n) is 4.23. The molecule has 0 saturated heterocycles. The zero-order chi connectivity index (χ0) is 24.1. The van der Waals surface area contributed by atoms with Gasteiger partial charge < -0.3 is 20.4 Å². The molecular weight excluding hydrogens is 420 g/mol. The van der Waals surface area contributed by atoms with Crippen LogP contribution in [0.15, 0.2) is 54.6 Å². The third-order valence-corrected chi connectivity index (χ3v) is 6.28. The topological polar surface area (TPSA) is 115 Å². The van der Waals surface area contributed by atoms with E-state index in [1.54, 1.807) is 12.2 Å².